The average molecular weight is 187 g/mol. The van der Waals surface area contributed by atoms with Gasteiger partial charge in [0.25, 0.3) is 0 Å². The number of nitrogens with zero attached hydrogens (tertiary/aromatic N) is 2. The number of hydrogen-bond donors (Lipinski definition) is 1. The molecule has 2 aromatic rings. The molecule has 3 rings (SSSR count). The lowest BCUT2D eigenvalue weighted by atomic mass is 10.2. The standard InChI is InChI=1S/C11H13N3/c1-8-6-7-12-11-13-9-4-2-3-5-10(9)14(8)11/h2-5,8H,6-7H2,1H3,(H,12,13). The molecule has 0 saturated carbocycles. The van der Waals surface area contributed by atoms with Crippen LogP contribution in [-0.4, -0.2) is 16.1 Å². The number of nitrogens with one attached hydrogen (secondary N) is 1. The number of imidazole rings is 1. The van der Waals surface area contributed by atoms with E-state index in [0.717, 1.165) is 18.0 Å². The van der Waals surface area contributed by atoms with E-state index in [4.69, 9.17) is 0 Å². The van der Waals surface area contributed by atoms with Crippen LogP contribution in [0.15, 0.2) is 24.3 Å². The molecule has 2 heterocycles. The molecule has 1 aliphatic rings. The second kappa shape index (κ2) is 2.74. The molecule has 1 aliphatic heterocycles. The van der Waals surface area contributed by atoms with Crippen LogP contribution in [0.1, 0.15) is 19.4 Å². The number of fused-ring (bicyclic) bond motifs is 3. The topological polar surface area (TPSA) is 29.9 Å². The summed E-state index contributed by atoms with van der Waals surface area (Å²) < 4.78 is 2.29. The van der Waals surface area contributed by atoms with Crippen LogP contribution in [0.3, 0.4) is 0 Å². The summed E-state index contributed by atoms with van der Waals surface area (Å²) in [6.45, 7) is 3.28. The highest BCUT2D eigenvalue weighted by atomic mass is 15.2. The van der Waals surface area contributed by atoms with Crippen molar-refractivity contribution in [1.29, 1.82) is 0 Å². The highest BCUT2D eigenvalue weighted by Gasteiger charge is 2.18. The predicted octanol–water partition coefficient (Wildman–Crippen LogP) is 2.41. The van der Waals surface area contributed by atoms with Crippen molar-refractivity contribution in [2.75, 3.05) is 11.9 Å². The molecule has 1 unspecified atom stereocenters. The van der Waals surface area contributed by atoms with Gasteiger partial charge in [-0.15, -0.1) is 0 Å². The second-order valence-electron chi connectivity index (χ2n) is 3.86. The van der Waals surface area contributed by atoms with Crippen LogP contribution in [0.5, 0.6) is 0 Å². The third-order valence-corrected chi connectivity index (χ3v) is 2.88. The van der Waals surface area contributed by atoms with E-state index in [0.29, 0.717) is 6.04 Å². The first-order valence-corrected chi connectivity index (χ1v) is 5.07. The molecule has 72 valence electrons. The summed E-state index contributed by atoms with van der Waals surface area (Å²) in [5.74, 6) is 1.02. The number of aromatic nitrogens is 2. The van der Waals surface area contributed by atoms with Crippen molar-refractivity contribution in [3.05, 3.63) is 24.3 Å². The van der Waals surface area contributed by atoms with Crippen LogP contribution >= 0.6 is 0 Å². The quantitative estimate of drug-likeness (QED) is 0.686. The third kappa shape index (κ3) is 0.953. The Balaban J connectivity index is 2.34. The molecule has 0 amide bonds. The van der Waals surface area contributed by atoms with Gasteiger partial charge in [0.15, 0.2) is 0 Å². The van der Waals surface area contributed by atoms with Crippen molar-refractivity contribution in [2.24, 2.45) is 0 Å². The van der Waals surface area contributed by atoms with E-state index < -0.39 is 0 Å². The van der Waals surface area contributed by atoms with Gasteiger partial charge >= 0.3 is 0 Å². The van der Waals surface area contributed by atoms with E-state index in [9.17, 15) is 0 Å². The zero-order valence-corrected chi connectivity index (χ0v) is 8.20. The van der Waals surface area contributed by atoms with Gasteiger partial charge in [-0.05, 0) is 25.5 Å². The van der Waals surface area contributed by atoms with Crippen LogP contribution in [0.2, 0.25) is 0 Å². The van der Waals surface area contributed by atoms with Crippen LogP contribution in [0.25, 0.3) is 11.0 Å². The SMILES string of the molecule is CC1CCNc2nc3ccccc3n21. The summed E-state index contributed by atoms with van der Waals surface area (Å²) in [7, 11) is 0. The fourth-order valence-corrected chi connectivity index (χ4v) is 2.14. The number of anilines is 1. The second-order valence-corrected chi connectivity index (χ2v) is 3.86. The first-order valence-electron chi connectivity index (χ1n) is 5.07. The average Bonchev–Trinajstić information content (AvgIpc) is 2.57. The van der Waals surface area contributed by atoms with Crippen molar-refractivity contribution in [1.82, 2.24) is 9.55 Å². The Bertz CT molecular complexity index is 472. The molecule has 0 fully saturated rings. The summed E-state index contributed by atoms with van der Waals surface area (Å²) in [5.41, 5.74) is 2.32. The molecule has 0 aliphatic carbocycles. The summed E-state index contributed by atoms with van der Waals surface area (Å²) in [4.78, 5) is 4.56. The third-order valence-electron chi connectivity index (χ3n) is 2.88. The van der Waals surface area contributed by atoms with Gasteiger partial charge in [0.1, 0.15) is 0 Å². The number of hydrogen-bond acceptors (Lipinski definition) is 2. The van der Waals surface area contributed by atoms with Gasteiger partial charge in [-0.25, -0.2) is 4.98 Å². The largest absolute Gasteiger partial charge is 0.356 e. The highest BCUT2D eigenvalue weighted by Crippen LogP contribution is 2.28. The normalized spacial score (nSPS) is 20.5. The van der Waals surface area contributed by atoms with Gasteiger partial charge < -0.3 is 9.88 Å². The highest BCUT2D eigenvalue weighted by molar-refractivity contribution is 5.79. The maximum Gasteiger partial charge on any atom is 0.204 e. The van der Waals surface area contributed by atoms with Crippen molar-refractivity contribution < 1.29 is 0 Å². The van der Waals surface area contributed by atoms with E-state index in [2.05, 4.69) is 40.0 Å². The lowest BCUT2D eigenvalue weighted by Gasteiger charge is -2.23. The lowest BCUT2D eigenvalue weighted by molar-refractivity contribution is 0.510. The van der Waals surface area contributed by atoms with E-state index >= 15 is 0 Å². The zero-order chi connectivity index (χ0) is 9.54. The number of rotatable bonds is 0. The maximum atomic E-state index is 4.56. The molecule has 1 aromatic heterocycles. The van der Waals surface area contributed by atoms with Crippen LogP contribution < -0.4 is 5.32 Å². The zero-order valence-electron chi connectivity index (χ0n) is 8.20. The molecule has 0 saturated heterocycles. The molecule has 0 bridgehead atoms. The Morgan fingerprint density at radius 2 is 2.29 bits per heavy atom. The molecule has 1 N–H and O–H groups in total. The smallest absolute Gasteiger partial charge is 0.204 e. The molecular weight excluding hydrogens is 174 g/mol. The Kier molecular flexibility index (Phi) is 1.54. The minimum absolute atomic E-state index is 0.554. The van der Waals surface area contributed by atoms with Gasteiger partial charge in [-0.1, -0.05) is 12.1 Å². The van der Waals surface area contributed by atoms with Crippen LogP contribution in [-0.2, 0) is 0 Å². The van der Waals surface area contributed by atoms with E-state index in [1.54, 1.807) is 0 Å². The van der Waals surface area contributed by atoms with Gasteiger partial charge in [0, 0.05) is 12.6 Å². The maximum absolute atomic E-state index is 4.56. The van der Waals surface area contributed by atoms with Crippen molar-refractivity contribution in [2.45, 2.75) is 19.4 Å². The Hall–Kier alpha value is -1.51. The Morgan fingerprint density at radius 1 is 1.43 bits per heavy atom. The van der Waals surface area contributed by atoms with Crippen molar-refractivity contribution >= 4 is 17.0 Å². The number of benzene rings is 1. The van der Waals surface area contributed by atoms with E-state index in [1.165, 1.54) is 11.9 Å². The first-order chi connectivity index (χ1) is 6.86. The minimum Gasteiger partial charge on any atom is -0.356 e. The molecule has 3 nitrogen and oxygen atoms in total. The van der Waals surface area contributed by atoms with Gasteiger partial charge in [0.2, 0.25) is 5.95 Å². The Morgan fingerprint density at radius 3 is 3.21 bits per heavy atom. The van der Waals surface area contributed by atoms with Gasteiger partial charge in [-0.2, -0.15) is 0 Å². The summed E-state index contributed by atoms with van der Waals surface area (Å²) in [6.07, 6.45) is 1.17. The molecular formula is C11H13N3. The first kappa shape index (κ1) is 7.85. The summed E-state index contributed by atoms with van der Waals surface area (Å²) in [6, 6.07) is 8.85. The molecule has 3 heteroatoms. The Labute approximate surface area is 82.8 Å². The summed E-state index contributed by atoms with van der Waals surface area (Å²) in [5, 5.41) is 3.33. The van der Waals surface area contributed by atoms with Crippen LogP contribution in [0.4, 0.5) is 5.95 Å². The minimum atomic E-state index is 0.554. The van der Waals surface area contributed by atoms with Gasteiger partial charge in [-0.3, -0.25) is 0 Å². The van der Waals surface area contributed by atoms with Crippen molar-refractivity contribution in [3.63, 3.8) is 0 Å². The molecule has 1 aromatic carbocycles. The molecule has 14 heavy (non-hydrogen) atoms. The fourth-order valence-electron chi connectivity index (χ4n) is 2.14. The predicted molar refractivity (Wildman–Crippen MR) is 57.6 cm³/mol. The molecule has 0 radical (unpaired) electrons. The van der Waals surface area contributed by atoms with Crippen molar-refractivity contribution in [3.8, 4) is 0 Å². The van der Waals surface area contributed by atoms with Crippen LogP contribution in [0, 0.1) is 0 Å². The van der Waals surface area contributed by atoms with E-state index in [-0.39, 0.29) is 0 Å². The van der Waals surface area contributed by atoms with Gasteiger partial charge in [0.05, 0.1) is 11.0 Å². The molecule has 0 spiro atoms. The summed E-state index contributed by atoms with van der Waals surface area (Å²) >= 11 is 0. The number of para-hydroxylation sites is 2. The van der Waals surface area contributed by atoms with E-state index in [1.807, 2.05) is 6.07 Å². The lowest BCUT2D eigenvalue weighted by Crippen LogP contribution is -2.20. The molecule has 1 atom stereocenters. The monoisotopic (exact) mass is 187 g/mol. The fraction of sp³-hybridized carbons (Fsp3) is 0.364.